The fraction of sp³-hybridized carbons (Fsp3) is 0.400. The molecule has 1 aromatic heterocycles. The summed E-state index contributed by atoms with van der Waals surface area (Å²) in [6.45, 7) is 5.92. The first kappa shape index (κ1) is 9.53. The molecule has 0 saturated carbocycles. The van der Waals surface area contributed by atoms with Gasteiger partial charge in [0, 0.05) is 0 Å². The Morgan fingerprint density at radius 1 is 1.54 bits per heavy atom. The molecule has 0 aliphatic carbocycles. The second-order valence-corrected chi connectivity index (χ2v) is 3.39. The van der Waals surface area contributed by atoms with Gasteiger partial charge in [-0.1, -0.05) is 13.8 Å². The van der Waals surface area contributed by atoms with E-state index < -0.39 is 0 Å². The van der Waals surface area contributed by atoms with Gasteiger partial charge in [-0.25, -0.2) is 4.98 Å². The second-order valence-electron chi connectivity index (χ2n) is 3.39. The first-order valence-corrected chi connectivity index (χ1v) is 4.23. The van der Waals surface area contributed by atoms with Crippen LogP contribution in [0.15, 0.2) is 6.07 Å². The van der Waals surface area contributed by atoms with Crippen LogP contribution < -0.4 is 5.73 Å². The summed E-state index contributed by atoms with van der Waals surface area (Å²) >= 11 is 0. The lowest BCUT2D eigenvalue weighted by Crippen LogP contribution is -2.04. The van der Waals surface area contributed by atoms with Crippen LogP contribution in [0.4, 0.5) is 5.69 Å². The van der Waals surface area contributed by atoms with Gasteiger partial charge in [0.05, 0.1) is 11.4 Å². The fourth-order valence-electron chi connectivity index (χ4n) is 1.20. The number of aromatic nitrogens is 1. The van der Waals surface area contributed by atoms with Gasteiger partial charge in [0.2, 0.25) is 0 Å². The van der Waals surface area contributed by atoms with E-state index in [1.165, 1.54) is 0 Å². The van der Waals surface area contributed by atoms with E-state index in [1.807, 2.05) is 26.8 Å². The molecule has 68 valence electrons. The lowest BCUT2D eigenvalue weighted by Gasteiger charge is -2.10. The highest BCUT2D eigenvalue weighted by molar-refractivity contribution is 5.53. The summed E-state index contributed by atoms with van der Waals surface area (Å²) < 4.78 is 0. The Hall–Kier alpha value is -1.56. The molecule has 1 rings (SSSR count). The van der Waals surface area contributed by atoms with E-state index in [0.717, 1.165) is 11.3 Å². The first-order valence-electron chi connectivity index (χ1n) is 4.23. The molecule has 1 aromatic rings. The number of aryl methyl sites for hydroxylation is 1. The molecule has 0 saturated heterocycles. The van der Waals surface area contributed by atoms with E-state index >= 15 is 0 Å². The molecule has 0 spiro atoms. The quantitative estimate of drug-likeness (QED) is 0.709. The third-order valence-corrected chi connectivity index (χ3v) is 1.96. The molecule has 0 amide bonds. The third-order valence-electron chi connectivity index (χ3n) is 1.96. The summed E-state index contributed by atoms with van der Waals surface area (Å²) in [5, 5.41) is 8.71. The summed E-state index contributed by atoms with van der Waals surface area (Å²) in [5.41, 5.74) is 8.72. The molecule has 0 aliphatic heterocycles. The monoisotopic (exact) mass is 175 g/mol. The maximum Gasteiger partial charge on any atom is 0.141 e. The highest BCUT2D eigenvalue weighted by Gasteiger charge is 2.09. The number of nitrogens with two attached hydrogens (primary N) is 1. The van der Waals surface area contributed by atoms with Gasteiger partial charge in [-0.15, -0.1) is 0 Å². The van der Waals surface area contributed by atoms with Gasteiger partial charge in [0.15, 0.2) is 0 Å². The normalized spacial score (nSPS) is 10.1. The molecule has 0 radical (unpaired) electrons. The maximum atomic E-state index is 8.71. The number of hydrogen-bond donors (Lipinski definition) is 1. The number of anilines is 1. The van der Waals surface area contributed by atoms with E-state index in [4.69, 9.17) is 11.0 Å². The average molecular weight is 175 g/mol. The van der Waals surface area contributed by atoms with E-state index in [0.29, 0.717) is 11.4 Å². The zero-order chi connectivity index (χ0) is 10.0. The summed E-state index contributed by atoms with van der Waals surface area (Å²) in [6.07, 6.45) is 0. The van der Waals surface area contributed by atoms with Crippen molar-refractivity contribution in [2.24, 2.45) is 0 Å². The average Bonchev–Trinajstić information content (AvgIpc) is 2.09. The van der Waals surface area contributed by atoms with Crippen LogP contribution in [-0.4, -0.2) is 4.98 Å². The van der Waals surface area contributed by atoms with Gasteiger partial charge in [0.25, 0.3) is 0 Å². The predicted molar refractivity (Wildman–Crippen MR) is 52.2 cm³/mol. The highest BCUT2D eigenvalue weighted by Crippen LogP contribution is 2.22. The number of nitrogen functional groups attached to an aromatic ring is 1. The standard InChI is InChI=1S/C10H13N3/c1-6(2)10-9(12)7(3)4-8(5-11)13-10/h4,6H,12H2,1-3H3. The minimum Gasteiger partial charge on any atom is -0.397 e. The number of pyridine rings is 1. The van der Waals surface area contributed by atoms with Crippen LogP contribution in [0.1, 0.15) is 36.7 Å². The van der Waals surface area contributed by atoms with Crippen LogP contribution >= 0.6 is 0 Å². The summed E-state index contributed by atoms with van der Waals surface area (Å²) in [5.74, 6) is 0.256. The van der Waals surface area contributed by atoms with Gasteiger partial charge < -0.3 is 5.73 Å². The predicted octanol–water partition coefficient (Wildman–Crippen LogP) is 1.97. The van der Waals surface area contributed by atoms with Crippen LogP contribution in [-0.2, 0) is 0 Å². The first-order chi connectivity index (χ1) is 6.06. The Bertz CT molecular complexity index is 361. The molecule has 1 heterocycles. The van der Waals surface area contributed by atoms with E-state index in [-0.39, 0.29) is 5.92 Å². The molecule has 0 aliphatic rings. The van der Waals surface area contributed by atoms with Crippen molar-refractivity contribution in [3.05, 3.63) is 23.0 Å². The number of nitriles is 1. The van der Waals surface area contributed by atoms with E-state index in [2.05, 4.69) is 4.98 Å². The van der Waals surface area contributed by atoms with Crippen LogP contribution in [0.5, 0.6) is 0 Å². The molecular formula is C10H13N3. The third kappa shape index (κ3) is 1.78. The van der Waals surface area contributed by atoms with Crippen molar-refractivity contribution in [2.45, 2.75) is 26.7 Å². The van der Waals surface area contributed by atoms with Crippen molar-refractivity contribution in [3.8, 4) is 6.07 Å². The summed E-state index contributed by atoms with van der Waals surface area (Å²) in [7, 11) is 0. The van der Waals surface area contributed by atoms with Crippen molar-refractivity contribution in [1.82, 2.24) is 4.98 Å². The SMILES string of the molecule is Cc1cc(C#N)nc(C(C)C)c1N. The molecule has 0 fully saturated rings. The zero-order valence-corrected chi connectivity index (χ0v) is 8.13. The molecule has 0 aromatic carbocycles. The molecule has 0 atom stereocenters. The smallest absolute Gasteiger partial charge is 0.141 e. The molecule has 13 heavy (non-hydrogen) atoms. The van der Waals surface area contributed by atoms with Gasteiger partial charge in [0.1, 0.15) is 11.8 Å². The molecule has 3 nitrogen and oxygen atoms in total. The summed E-state index contributed by atoms with van der Waals surface area (Å²) in [6, 6.07) is 3.73. The minimum absolute atomic E-state index is 0.256. The van der Waals surface area contributed by atoms with Crippen molar-refractivity contribution < 1.29 is 0 Å². The van der Waals surface area contributed by atoms with Gasteiger partial charge in [-0.2, -0.15) is 5.26 Å². The molecule has 0 bridgehead atoms. The molecule has 2 N–H and O–H groups in total. The van der Waals surface area contributed by atoms with E-state index in [9.17, 15) is 0 Å². The molecule has 0 unspecified atom stereocenters. The van der Waals surface area contributed by atoms with Crippen molar-refractivity contribution in [2.75, 3.05) is 5.73 Å². The van der Waals surface area contributed by atoms with Crippen LogP contribution in [0, 0.1) is 18.3 Å². The summed E-state index contributed by atoms with van der Waals surface area (Å²) in [4.78, 5) is 4.16. The van der Waals surface area contributed by atoms with Crippen LogP contribution in [0.2, 0.25) is 0 Å². The minimum atomic E-state index is 0.256. The largest absolute Gasteiger partial charge is 0.397 e. The van der Waals surface area contributed by atoms with Gasteiger partial charge >= 0.3 is 0 Å². The maximum absolute atomic E-state index is 8.71. The van der Waals surface area contributed by atoms with Crippen molar-refractivity contribution in [1.29, 1.82) is 5.26 Å². The Morgan fingerprint density at radius 3 is 2.62 bits per heavy atom. The van der Waals surface area contributed by atoms with Gasteiger partial charge in [-0.05, 0) is 24.5 Å². The van der Waals surface area contributed by atoms with Crippen LogP contribution in [0.3, 0.4) is 0 Å². The Labute approximate surface area is 78.2 Å². The number of nitrogens with zero attached hydrogens (tertiary/aromatic N) is 2. The second kappa shape index (κ2) is 3.44. The van der Waals surface area contributed by atoms with Crippen molar-refractivity contribution >= 4 is 5.69 Å². The lowest BCUT2D eigenvalue weighted by molar-refractivity contribution is 0.822. The Balaban J connectivity index is 3.35. The topological polar surface area (TPSA) is 62.7 Å². The van der Waals surface area contributed by atoms with Gasteiger partial charge in [-0.3, -0.25) is 0 Å². The highest BCUT2D eigenvalue weighted by atomic mass is 14.8. The lowest BCUT2D eigenvalue weighted by atomic mass is 10.0. The molecular weight excluding hydrogens is 162 g/mol. The van der Waals surface area contributed by atoms with Crippen molar-refractivity contribution in [3.63, 3.8) is 0 Å². The Morgan fingerprint density at radius 2 is 2.15 bits per heavy atom. The molecule has 3 heteroatoms. The zero-order valence-electron chi connectivity index (χ0n) is 8.13. The number of hydrogen-bond acceptors (Lipinski definition) is 3. The Kier molecular flexibility index (Phi) is 2.52. The van der Waals surface area contributed by atoms with E-state index in [1.54, 1.807) is 6.07 Å². The number of rotatable bonds is 1. The van der Waals surface area contributed by atoms with Crippen LogP contribution in [0.25, 0.3) is 0 Å². The fourth-order valence-corrected chi connectivity index (χ4v) is 1.20.